The van der Waals surface area contributed by atoms with Crippen LogP contribution in [-0.2, 0) is 32.0 Å². The Kier molecular flexibility index (Phi) is 6.97. The van der Waals surface area contributed by atoms with E-state index in [-0.39, 0.29) is 31.0 Å². The van der Waals surface area contributed by atoms with Crippen LogP contribution in [0.1, 0.15) is 44.7 Å². The van der Waals surface area contributed by atoms with Crippen molar-refractivity contribution in [3.8, 4) is 0 Å². The molecule has 1 saturated heterocycles. The predicted octanol–water partition coefficient (Wildman–Crippen LogP) is 1.76. The lowest BCUT2D eigenvalue weighted by Gasteiger charge is -2.36. The number of nitrogens with one attached hydrogen (secondary N) is 2. The van der Waals surface area contributed by atoms with Crippen molar-refractivity contribution in [2.24, 2.45) is 0 Å². The third kappa shape index (κ3) is 5.95. The average molecular weight is 418 g/mol. The minimum absolute atomic E-state index is 0.0437. The number of hydrogen-bond acceptors (Lipinski definition) is 5. The zero-order valence-electron chi connectivity index (χ0n) is 17.9. The van der Waals surface area contributed by atoms with Crippen molar-refractivity contribution in [3.05, 3.63) is 35.4 Å². The third-order valence-corrected chi connectivity index (χ3v) is 5.15. The normalized spacial score (nSPS) is 21.0. The number of nitrogens with zero attached hydrogens (tertiary/aromatic N) is 1. The van der Waals surface area contributed by atoms with E-state index in [9.17, 15) is 14.4 Å². The van der Waals surface area contributed by atoms with E-state index in [1.165, 1.54) is 4.90 Å². The average Bonchev–Trinajstić information content (AvgIpc) is 3.21. The van der Waals surface area contributed by atoms with Gasteiger partial charge in [0.2, 0.25) is 11.8 Å². The topological polar surface area (TPSA) is 97.0 Å². The highest BCUT2D eigenvalue weighted by atomic mass is 16.6. The van der Waals surface area contributed by atoms with Gasteiger partial charge in [0.25, 0.3) is 0 Å². The van der Waals surface area contributed by atoms with Gasteiger partial charge in [0.1, 0.15) is 11.6 Å². The summed E-state index contributed by atoms with van der Waals surface area (Å²) >= 11 is 0. The van der Waals surface area contributed by atoms with Crippen LogP contribution in [0.5, 0.6) is 0 Å². The Morgan fingerprint density at radius 2 is 1.90 bits per heavy atom. The van der Waals surface area contributed by atoms with Crippen molar-refractivity contribution in [1.29, 1.82) is 0 Å². The first-order valence-corrected chi connectivity index (χ1v) is 10.5. The monoisotopic (exact) mass is 417 g/mol. The zero-order chi connectivity index (χ0) is 21.7. The van der Waals surface area contributed by atoms with Gasteiger partial charge in [0.05, 0.1) is 19.2 Å². The Labute approximate surface area is 177 Å². The number of fused-ring (bicyclic) bond motifs is 1. The maximum Gasteiger partial charge on any atom is 0.411 e. The Morgan fingerprint density at radius 3 is 2.57 bits per heavy atom. The summed E-state index contributed by atoms with van der Waals surface area (Å²) in [4.78, 5) is 39.2. The molecule has 0 aliphatic carbocycles. The fraction of sp³-hybridized carbons (Fsp3) is 0.591. The summed E-state index contributed by atoms with van der Waals surface area (Å²) in [5.74, 6) is -0.651. The van der Waals surface area contributed by atoms with Gasteiger partial charge in [-0.15, -0.1) is 0 Å². The predicted molar refractivity (Wildman–Crippen MR) is 111 cm³/mol. The second kappa shape index (κ2) is 9.47. The molecule has 3 rings (SSSR count). The van der Waals surface area contributed by atoms with Crippen LogP contribution in [0.3, 0.4) is 0 Å². The highest BCUT2D eigenvalue weighted by molar-refractivity contribution is 5.90. The van der Waals surface area contributed by atoms with Crippen LogP contribution in [0, 0.1) is 0 Å². The smallest absolute Gasteiger partial charge is 0.411 e. The number of carbonyl (C=O) groups is 3. The minimum atomic E-state index is -0.735. The summed E-state index contributed by atoms with van der Waals surface area (Å²) < 4.78 is 11.0. The molecule has 2 N–H and O–H groups in total. The van der Waals surface area contributed by atoms with Crippen molar-refractivity contribution in [3.63, 3.8) is 0 Å². The highest BCUT2D eigenvalue weighted by Gasteiger charge is 2.37. The largest absolute Gasteiger partial charge is 0.444 e. The first kappa shape index (κ1) is 22.1. The lowest BCUT2D eigenvalue weighted by molar-refractivity contribution is -0.130. The van der Waals surface area contributed by atoms with Crippen LogP contribution in [0.15, 0.2) is 24.3 Å². The van der Waals surface area contributed by atoms with Gasteiger partial charge in [-0.1, -0.05) is 24.3 Å². The lowest BCUT2D eigenvalue weighted by Crippen LogP contribution is -2.54. The van der Waals surface area contributed by atoms with Crippen LogP contribution in [0.2, 0.25) is 0 Å². The Balaban J connectivity index is 1.61. The Hall–Kier alpha value is -2.61. The van der Waals surface area contributed by atoms with Gasteiger partial charge in [-0.05, 0) is 44.7 Å². The standard InChI is InChI=1S/C22H31N3O5/c1-22(2,3)30-21(28)25-14-16-8-5-4-7-15(16)11-18(25)20(27)24-13-19(26)23-12-17-9-6-10-29-17/h4-5,7-8,17-18H,6,9-14H2,1-3H3,(H,23,26)(H,24,27)/t17-,18-/m0/s1. The van der Waals surface area contributed by atoms with Crippen molar-refractivity contribution < 1.29 is 23.9 Å². The summed E-state index contributed by atoms with van der Waals surface area (Å²) in [6, 6.07) is 6.98. The molecule has 2 aliphatic heterocycles. The molecule has 0 unspecified atom stereocenters. The van der Waals surface area contributed by atoms with E-state index < -0.39 is 17.7 Å². The van der Waals surface area contributed by atoms with Gasteiger partial charge in [0.15, 0.2) is 0 Å². The van der Waals surface area contributed by atoms with E-state index in [1.807, 2.05) is 24.3 Å². The molecule has 2 heterocycles. The molecule has 2 atom stereocenters. The molecule has 8 heteroatoms. The number of amides is 3. The molecule has 0 radical (unpaired) electrons. The van der Waals surface area contributed by atoms with Gasteiger partial charge < -0.3 is 20.1 Å². The summed E-state index contributed by atoms with van der Waals surface area (Å²) in [6.07, 6.45) is 1.81. The summed E-state index contributed by atoms with van der Waals surface area (Å²) in [5, 5.41) is 5.44. The van der Waals surface area contributed by atoms with Crippen LogP contribution in [-0.4, -0.2) is 60.3 Å². The van der Waals surface area contributed by atoms with Crippen molar-refractivity contribution >= 4 is 17.9 Å². The number of hydrogen-bond donors (Lipinski definition) is 2. The molecule has 2 aliphatic rings. The van der Waals surface area contributed by atoms with Crippen LogP contribution >= 0.6 is 0 Å². The first-order valence-electron chi connectivity index (χ1n) is 10.5. The molecule has 3 amide bonds. The van der Waals surface area contributed by atoms with Gasteiger partial charge in [-0.2, -0.15) is 0 Å². The lowest BCUT2D eigenvalue weighted by atomic mass is 9.94. The molecular weight excluding hydrogens is 386 g/mol. The second-order valence-electron chi connectivity index (χ2n) is 8.75. The minimum Gasteiger partial charge on any atom is -0.444 e. The molecule has 1 fully saturated rings. The Morgan fingerprint density at radius 1 is 1.17 bits per heavy atom. The van der Waals surface area contributed by atoms with Crippen molar-refractivity contribution in [1.82, 2.24) is 15.5 Å². The molecule has 164 valence electrons. The molecule has 0 spiro atoms. The van der Waals surface area contributed by atoms with Crippen LogP contribution in [0.25, 0.3) is 0 Å². The molecular formula is C22H31N3O5. The van der Waals surface area contributed by atoms with E-state index in [0.29, 0.717) is 13.0 Å². The van der Waals surface area contributed by atoms with Gasteiger partial charge >= 0.3 is 6.09 Å². The van der Waals surface area contributed by atoms with E-state index in [4.69, 9.17) is 9.47 Å². The molecule has 0 saturated carbocycles. The van der Waals surface area contributed by atoms with Gasteiger partial charge in [-0.3, -0.25) is 14.5 Å². The van der Waals surface area contributed by atoms with Gasteiger partial charge in [-0.25, -0.2) is 4.79 Å². The zero-order valence-corrected chi connectivity index (χ0v) is 17.9. The fourth-order valence-electron chi connectivity index (χ4n) is 3.65. The molecule has 8 nitrogen and oxygen atoms in total. The quantitative estimate of drug-likeness (QED) is 0.761. The second-order valence-corrected chi connectivity index (χ2v) is 8.75. The number of ether oxygens (including phenoxy) is 2. The fourth-order valence-corrected chi connectivity index (χ4v) is 3.65. The van der Waals surface area contributed by atoms with Gasteiger partial charge in [0, 0.05) is 19.6 Å². The molecule has 1 aromatic rings. The Bertz CT molecular complexity index is 783. The van der Waals surface area contributed by atoms with Crippen molar-refractivity contribution in [2.45, 2.75) is 64.3 Å². The number of rotatable bonds is 5. The summed E-state index contributed by atoms with van der Waals surface area (Å²) in [7, 11) is 0. The van der Waals surface area contributed by atoms with E-state index in [0.717, 1.165) is 30.6 Å². The molecule has 0 aromatic heterocycles. The van der Waals surface area contributed by atoms with E-state index in [2.05, 4.69) is 10.6 Å². The highest BCUT2D eigenvalue weighted by Crippen LogP contribution is 2.25. The molecule has 30 heavy (non-hydrogen) atoms. The number of carbonyl (C=O) groups excluding carboxylic acids is 3. The molecule has 1 aromatic carbocycles. The van der Waals surface area contributed by atoms with Crippen LogP contribution < -0.4 is 10.6 Å². The van der Waals surface area contributed by atoms with Crippen LogP contribution in [0.4, 0.5) is 4.79 Å². The van der Waals surface area contributed by atoms with E-state index >= 15 is 0 Å². The number of benzene rings is 1. The van der Waals surface area contributed by atoms with E-state index in [1.54, 1.807) is 20.8 Å². The summed E-state index contributed by atoms with van der Waals surface area (Å²) in [5.41, 5.74) is 1.33. The third-order valence-electron chi connectivity index (χ3n) is 5.15. The first-order chi connectivity index (χ1) is 14.2. The molecule has 0 bridgehead atoms. The maximum atomic E-state index is 12.9. The maximum absolute atomic E-state index is 12.9. The summed E-state index contributed by atoms with van der Waals surface area (Å²) in [6.45, 7) is 6.67. The SMILES string of the molecule is CC(C)(C)OC(=O)N1Cc2ccccc2C[C@H]1C(=O)NCC(=O)NC[C@@H]1CCCO1. The van der Waals surface area contributed by atoms with Crippen molar-refractivity contribution in [2.75, 3.05) is 19.7 Å².